The minimum Gasteiger partial charge on any atom is -0.495 e. The summed E-state index contributed by atoms with van der Waals surface area (Å²) in [5, 5.41) is 3.23. The molecule has 32 heavy (non-hydrogen) atoms. The first-order valence-electron chi connectivity index (χ1n) is 10.5. The number of hydrogen-bond donors (Lipinski definition) is 1. The average Bonchev–Trinajstić information content (AvgIpc) is 2.98. The van der Waals surface area contributed by atoms with Crippen LogP contribution in [0.1, 0.15) is 27.8 Å². The number of methoxy groups -OCH3 is 1. The van der Waals surface area contributed by atoms with Crippen LogP contribution in [-0.4, -0.2) is 18.9 Å². The molecule has 1 N–H and O–H groups in total. The monoisotopic (exact) mass is 426 g/mol. The maximum atomic E-state index is 13.8. The lowest BCUT2D eigenvalue weighted by Gasteiger charge is -2.19. The van der Waals surface area contributed by atoms with E-state index in [4.69, 9.17) is 4.74 Å². The number of anilines is 2. The predicted molar refractivity (Wildman–Crippen MR) is 128 cm³/mol. The van der Waals surface area contributed by atoms with Gasteiger partial charge >= 0.3 is 0 Å². The Kier molecular flexibility index (Phi) is 5.57. The van der Waals surface area contributed by atoms with Crippen LogP contribution in [0.5, 0.6) is 5.75 Å². The fourth-order valence-corrected chi connectivity index (χ4v) is 4.05. The van der Waals surface area contributed by atoms with Gasteiger partial charge in [0.25, 0.3) is 11.8 Å². The van der Waals surface area contributed by atoms with E-state index in [0.29, 0.717) is 17.0 Å². The van der Waals surface area contributed by atoms with Crippen LogP contribution in [0.3, 0.4) is 0 Å². The molecule has 0 spiro atoms. The second kappa shape index (κ2) is 8.35. The average molecular weight is 427 g/mol. The summed E-state index contributed by atoms with van der Waals surface area (Å²) in [6.45, 7) is 7.85. The van der Waals surface area contributed by atoms with Crippen molar-refractivity contribution in [1.29, 1.82) is 0 Å². The molecule has 3 aromatic rings. The van der Waals surface area contributed by atoms with Gasteiger partial charge in [-0.25, -0.2) is 4.90 Å². The summed E-state index contributed by atoms with van der Waals surface area (Å²) < 4.78 is 5.47. The Morgan fingerprint density at radius 2 is 1.47 bits per heavy atom. The van der Waals surface area contributed by atoms with E-state index in [9.17, 15) is 9.59 Å². The molecule has 162 valence electrons. The largest absolute Gasteiger partial charge is 0.495 e. The third-order valence-electron chi connectivity index (χ3n) is 5.60. The van der Waals surface area contributed by atoms with Crippen LogP contribution in [0.25, 0.3) is 5.57 Å². The predicted octanol–water partition coefficient (Wildman–Crippen LogP) is 5.33. The van der Waals surface area contributed by atoms with Gasteiger partial charge in [-0.1, -0.05) is 42.0 Å². The quantitative estimate of drug-likeness (QED) is 0.561. The van der Waals surface area contributed by atoms with E-state index in [0.717, 1.165) is 33.5 Å². The zero-order valence-electron chi connectivity index (χ0n) is 18.9. The van der Waals surface area contributed by atoms with Gasteiger partial charge in [0.15, 0.2) is 0 Å². The van der Waals surface area contributed by atoms with Crippen molar-refractivity contribution in [1.82, 2.24) is 0 Å². The molecule has 0 radical (unpaired) electrons. The fraction of sp³-hybridized carbons (Fsp3) is 0.185. The molecule has 5 heteroatoms. The van der Waals surface area contributed by atoms with Crippen LogP contribution >= 0.6 is 0 Å². The fourth-order valence-electron chi connectivity index (χ4n) is 4.05. The number of carbonyl (C=O) groups is 2. The van der Waals surface area contributed by atoms with E-state index in [1.807, 2.05) is 76.2 Å². The summed E-state index contributed by atoms with van der Waals surface area (Å²) in [6, 6.07) is 19.0. The van der Waals surface area contributed by atoms with Crippen molar-refractivity contribution in [2.45, 2.75) is 27.7 Å². The van der Waals surface area contributed by atoms with Crippen LogP contribution in [-0.2, 0) is 9.59 Å². The van der Waals surface area contributed by atoms with Gasteiger partial charge in [-0.2, -0.15) is 0 Å². The Bertz CT molecular complexity index is 1270. The van der Waals surface area contributed by atoms with Crippen molar-refractivity contribution >= 4 is 28.8 Å². The molecule has 5 nitrogen and oxygen atoms in total. The molecule has 1 heterocycles. The highest BCUT2D eigenvalue weighted by Gasteiger charge is 2.42. The molecular formula is C27H26N2O3. The van der Waals surface area contributed by atoms with E-state index in [1.54, 1.807) is 12.1 Å². The number of ether oxygens (including phenoxy) is 1. The molecule has 0 aromatic heterocycles. The number of imide groups is 1. The second-order valence-corrected chi connectivity index (χ2v) is 8.18. The number of nitrogens with zero attached hydrogens (tertiary/aromatic N) is 1. The van der Waals surface area contributed by atoms with Gasteiger partial charge in [-0.3, -0.25) is 9.59 Å². The molecule has 0 aliphatic carbocycles. The third-order valence-corrected chi connectivity index (χ3v) is 5.60. The van der Waals surface area contributed by atoms with E-state index >= 15 is 0 Å². The Morgan fingerprint density at radius 1 is 0.781 bits per heavy atom. The van der Waals surface area contributed by atoms with Crippen molar-refractivity contribution in [2.75, 3.05) is 17.3 Å². The van der Waals surface area contributed by atoms with E-state index in [2.05, 4.69) is 5.32 Å². The Labute approximate surface area is 188 Å². The van der Waals surface area contributed by atoms with Crippen molar-refractivity contribution in [3.05, 3.63) is 94.2 Å². The molecule has 0 saturated carbocycles. The van der Waals surface area contributed by atoms with Gasteiger partial charge in [-0.05, 0) is 74.2 Å². The Balaban J connectivity index is 1.90. The smallest absolute Gasteiger partial charge is 0.282 e. The molecule has 0 bridgehead atoms. The highest BCUT2D eigenvalue weighted by Crippen LogP contribution is 2.39. The standard InChI is InChI=1S/C27H26N2O3/c1-16-7-6-8-20(14-16)28-25-24(21-11-9-17(2)13-19(21)4)26(30)29(27(25)31)22-15-18(3)10-12-23(22)32-5/h6-15,28H,1-5H3. The summed E-state index contributed by atoms with van der Waals surface area (Å²) >= 11 is 0. The zero-order chi connectivity index (χ0) is 23.0. The lowest BCUT2D eigenvalue weighted by molar-refractivity contribution is -0.120. The first-order valence-corrected chi connectivity index (χ1v) is 10.5. The maximum absolute atomic E-state index is 13.8. The van der Waals surface area contributed by atoms with Crippen molar-refractivity contribution in [3.63, 3.8) is 0 Å². The SMILES string of the molecule is COc1ccc(C)cc1N1C(=O)C(Nc2cccc(C)c2)=C(c2ccc(C)cc2C)C1=O. The molecule has 3 aromatic carbocycles. The van der Waals surface area contributed by atoms with Crippen LogP contribution < -0.4 is 15.0 Å². The summed E-state index contributed by atoms with van der Waals surface area (Å²) in [5.41, 5.74) is 6.54. The van der Waals surface area contributed by atoms with Crippen molar-refractivity contribution in [2.24, 2.45) is 0 Å². The molecule has 2 amide bonds. The number of hydrogen-bond acceptors (Lipinski definition) is 4. The van der Waals surface area contributed by atoms with Gasteiger partial charge in [0, 0.05) is 5.69 Å². The summed E-state index contributed by atoms with van der Waals surface area (Å²) in [4.78, 5) is 28.6. The number of aryl methyl sites for hydroxylation is 4. The topological polar surface area (TPSA) is 58.6 Å². The number of carbonyl (C=O) groups excluding carboxylic acids is 2. The number of benzene rings is 3. The lowest BCUT2D eigenvalue weighted by atomic mass is 9.97. The normalized spacial score (nSPS) is 13.7. The molecule has 0 saturated heterocycles. The molecule has 1 aliphatic rings. The highest BCUT2D eigenvalue weighted by molar-refractivity contribution is 6.46. The van der Waals surface area contributed by atoms with E-state index in [1.165, 1.54) is 12.0 Å². The summed E-state index contributed by atoms with van der Waals surface area (Å²) in [7, 11) is 1.53. The molecule has 0 fully saturated rings. The van der Waals surface area contributed by atoms with Crippen LogP contribution in [0, 0.1) is 27.7 Å². The van der Waals surface area contributed by atoms with E-state index in [-0.39, 0.29) is 11.6 Å². The molecule has 0 atom stereocenters. The Morgan fingerprint density at radius 3 is 2.16 bits per heavy atom. The maximum Gasteiger partial charge on any atom is 0.282 e. The minimum atomic E-state index is -0.407. The van der Waals surface area contributed by atoms with Crippen LogP contribution in [0.15, 0.2) is 66.4 Å². The Hall–Kier alpha value is -3.86. The summed E-state index contributed by atoms with van der Waals surface area (Å²) in [5.74, 6) is -0.314. The van der Waals surface area contributed by atoms with Crippen LogP contribution in [0.2, 0.25) is 0 Å². The first kappa shape index (κ1) is 21.4. The number of amides is 2. The highest BCUT2D eigenvalue weighted by atomic mass is 16.5. The van der Waals surface area contributed by atoms with Crippen LogP contribution in [0.4, 0.5) is 11.4 Å². The molecular weight excluding hydrogens is 400 g/mol. The number of rotatable bonds is 5. The third kappa shape index (κ3) is 3.78. The minimum absolute atomic E-state index is 0.260. The number of nitrogens with one attached hydrogen (secondary N) is 1. The molecule has 0 unspecified atom stereocenters. The van der Waals surface area contributed by atoms with Gasteiger partial charge < -0.3 is 10.1 Å². The second-order valence-electron chi connectivity index (χ2n) is 8.18. The summed E-state index contributed by atoms with van der Waals surface area (Å²) in [6.07, 6.45) is 0. The van der Waals surface area contributed by atoms with E-state index < -0.39 is 5.91 Å². The lowest BCUT2D eigenvalue weighted by Crippen LogP contribution is -2.32. The molecule has 4 rings (SSSR count). The zero-order valence-corrected chi connectivity index (χ0v) is 18.9. The van der Waals surface area contributed by atoms with Gasteiger partial charge in [0.1, 0.15) is 11.4 Å². The van der Waals surface area contributed by atoms with Crippen molar-refractivity contribution in [3.8, 4) is 5.75 Å². The van der Waals surface area contributed by atoms with Gasteiger partial charge in [0.05, 0.1) is 18.4 Å². The van der Waals surface area contributed by atoms with Gasteiger partial charge in [-0.15, -0.1) is 0 Å². The van der Waals surface area contributed by atoms with Crippen molar-refractivity contribution < 1.29 is 14.3 Å². The molecule has 1 aliphatic heterocycles. The first-order chi connectivity index (χ1) is 15.3. The van der Waals surface area contributed by atoms with Gasteiger partial charge in [0.2, 0.25) is 0 Å².